The van der Waals surface area contributed by atoms with Gasteiger partial charge in [0, 0.05) is 13.0 Å². The zero-order valence-corrected chi connectivity index (χ0v) is 10.7. The molecule has 17 heavy (non-hydrogen) atoms. The molecule has 2 heterocycles. The van der Waals surface area contributed by atoms with Gasteiger partial charge < -0.3 is 10.5 Å². The first kappa shape index (κ1) is 12.5. The van der Waals surface area contributed by atoms with Crippen LogP contribution in [0.1, 0.15) is 44.0 Å². The Hall–Kier alpha value is -0.940. The molecule has 1 atom stereocenters. The van der Waals surface area contributed by atoms with Gasteiger partial charge in [-0.2, -0.15) is 0 Å². The highest BCUT2D eigenvalue weighted by molar-refractivity contribution is 5.14. The van der Waals surface area contributed by atoms with Crippen LogP contribution < -0.4 is 5.73 Å². The van der Waals surface area contributed by atoms with Crippen LogP contribution in [-0.4, -0.2) is 34.2 Å². The standard InChI is InChI=1S/C12H22N4O/c1-9(2)12-11(5-6-13)14-15-16(12)8-10-4-3-7-17-10/h9-10H,3-8,13H2,1-2H3. The largest absolute Gasteiger partial charge is 0.376 e. The van der Waals surface area contributed by atoms with Crippen molar-refractivity contribution in [1.82, 2.24) is 15.0 Å². The number of nitrogens with two attached hydrogens (primary N) is 1. The van der Waals surface area contributed by atoms with Gasteiger partial charge in [-0.1, -0.05) is 19.1 Å². The topological polar surface area (TPSA) is 66.0 Å². The Morgan fingerprint density at radius 2 is 2.35 bits per heavy atom. The summed E-state index contributed by atoms with van der Waals surface area (Å²) < 4.78 is 7.65. The smallest absolute Gasteiger partial charge is 0.0874 e. The molecule has 0 saturated carbocycles. The Bertz CT molecular complexity index is 355. The fourth-order valence-electron chi connectivity index (χ4n) is 2.42. The Morgan fingerprint density at radius 3 is 2.94 bits per heavy atom. The van der Waals surface area contributed by atoms with E-state index in [0.29, 0.717) is 18.6 Å². The number of hydrogen-bond acceptors (Lipinski definition) is 4. The predicted octanol–water partition coefficient (Wildman–Crippen LogP) is 1.08. The van der Waals surface area contributed by atoms with Crippen molar-refractivity contribution in [2.24, 2.45) is 5.73 Å². The molecule has 5 nitrogen and oxygen atoms in total. The molecule has 5 heteroatoms. The summed E-state index contributed by atoms with van der Waals surface area (Å²) in [5.74, 6) is 0.424. The lowest BCUT2D eigenvalue weighted by molar-refractivity contribution is 0.0925. The SMILES string of the molecule is CC(C)c1c(CCN)nnn1CC1CCCO1. The third-order valence-electron chi connectivity index (χ3n) is 3.18. The molecule has 1 aromatic heterocycles. The van der Waals surface area contributed by atoms with Gasteiger partial charge in [0.2, 0.25) is 0 Å². The summed E-state index contributed by atoms with van der Waals surface area (Å²) in [5, 5.41) is 8.50. The second-order valence-electron chi connectivity index (χ2n) is 4.93. The van der Waals surface area contributed by atoms with E-state index in [-0.39, 0.29) is 0 Å². The second-order valence-corrected chi connectivity index (χ2v) is 4.93. The summed E-state index contributed by atoms with van der Waals surface area (Å²) >= 11 is 0. The molecule has 1 fully saturated rings. The summed E-state index contributed by atoms with van der Waals surface area (Å²) in [6.07, 6.45) is 3.40. The molecular formula is C12H22N4O. The van der Waals surface area contributed by atoms with Crippen LogP contribution in [0, 0.1) is 0 Å². The normalized spacial score (nSPS) is 20.4. The lowest BCUT2D eigenvalue weighted by atomic mass is 10.1. The molecule has 1 aliphatic rings. The van der Waals surface area contributed by atoms with Crippen LogP contribution in [0.5, 0.6) is 0 Å². The Kier molecular flexibility index (Phi) is 4.12. The minimum Gasteiger partial charge on any atom is -0.376 e. The number of rotatable bonds is 5. The third kappa shape index (κ3) is 2.84. The van der Waals surface area contributed by atoms with Gasteiger partial charge in [-0.05, 0) is 25.3 Å². The Morgan fingerprint density at radius 1 is 1.53 bits per heavy atom. The van der Waals surface area contributed by atoms with Gasteiger partial charge in [0.05, 0.1) is 24.0 Å². The van der Waals surface area contributed by atoms with E-state index in [2.05, 4.69) is 24.2 Å². The van der Waals surface area contributed by atoms with Crippen LogP contribution in [0.4, 0.5) is 0 Å². The zero-order valence-electron chi connectivity index (χ0n) is 10.7. The maximum absolute atomic E-state index is 5.65. The second kappa shape index (κ2) is 5.60. The molecular weight excluding hydrogens is 216 g/mol. The highest BCUT2D eigenvalue weighted by Gasteiger charge is 2.21. The van der Waals surface area contributed by atoms with E-state index in [4.69, 9.17) is 10.5 Å². The average molecular weight is 238 g/mol. The lowest BCUT2D eigenvalue weighted by Crippen LogP contribution is -2.19. The minimum absolute atomic E-state index is 0.305. The van der Waals surface area contributed by atoms with E-state index in [0.717, 1.165) is 38.1 Å². The summed E-state index contributed by atoms with van der Waals surface area (Å²) in [4.78, 5) is 0. The molecule has 96 valence electrons. The molecule has 2 rings (SSSR count). The molecule has 0 aliphatic carbocycles. The van der Waals surface area contributed by atoms with Crippen molar-refractivity contribution in [2.45, 2.75) is 51.7 Å². The van der Waals surface area contributed by atoms with Crippen molar-refractivity contribution in [3.8, 4) is 0 Å². The van der Waals surface area contributed by atoms with Crippen molar-refractivity contribution < 1.29 is 4.74 Å². The van der Waals surface area contributed by atoms with Crippen LogP contribution in [0.2, 0.25) is 0 Å². The zero-order chi connectivity index (χ0) is 12.3. The summed E-state index contributed by atoms with van der Waals surface area (Å²) in [6.45, 7) is 6.67. The molecule has 1 aromatic rings. The fourth-order valence-corrected chi connectivity index (χ4v) is 2.42. The van der Waals surface area contributed by atoms with E-state index in [1.54, 1.807) is 0 Å². The monoisotopic (exact) mass is 238 g/mol. The van der Waals surface area contributed by atoms with E-state index < -0.39 is 0 Å². The van der Waals surface area contributed by atoms with Crippen LogP contribution >= 0.6 is 0 Å². The quantitative estimate of drug-likeness (QED) is 0.833. The molecule has 0 amide bonds. The fraction of sp³-hybridized carbons (Fsp3) is 0.833. The van der Waals surface area contributed by atoms with E-state index in [1.807, 2.05) is 4.68 Å². The average Bonchev–Trinajstić information content (AvgIpc) is 2.89. The summed E-state index contributed by atoms with van der Waals surface area (Å²) in [7, 11) is 0. The molecule has 0 spiro atoms. The molecule has 0 radical (unpaired) electrons. The number of ether oxygens (including phenoxy) is 1. The van der Waals surface area contributed by atoms with Gasteiger partial charge in [0.1, 0.15) is 0 Å². The Balaban J connectivity index is 2.14. The number of hydrogen-bond donors (Lipinski definition) is 1. The maximum Gasteiger partial charge on any atom is 0.0874 e. The first-order valence-electron chi connectivity index (χ1n) is 6.46. The number of aromatic nitrogens is 3. The van der Waals surface area contributed by atoms with Crippen molar-refractivity contribution in [3.63, 3.8) is 0 Å². The first-order valence-corrected chi connectivity index (χ1v) is 6.46. The summed E-state index contributed by atoms with van der Waals surface area (Å²) in [5.41, 5.74) is 7.86. The van der Waals surface area contributed by atoms with Crippen molar-refractivity contribution in [2.75, 3.05) is 13.2 Å². The van der Waals surface area contributed by atoms with Gasteiger partial charge in [-0.15, -0.1) is 5.10 Å². The molecule has 1 unspecified atom stereocenters. The predicted molar refractivity (Wildman–Crippen MR) is 65.8 cm³/mol. The summed E-state index contributed by atoms with van der Waals surface area (Å²) in [6, 6.07) is 0. The van der Waals surface area contributed by atoms with Crippen LogP contribution in [0.3, 0.4) is 0 Å². The van der Waals surface area contributed by atoms with Gasteiger partial charge in [-0.25, -0.2) is 4.68 Å². The van der Waals surface area contributed by atoms with Crippen LogP contribution in [0.25, 0.3) is 0 Å². The number of nitrogens with zero attached hydrogens (tertiary/aromatic N) is 3. The Labute approximate surface area is 102 Å². The molecule has 1 aliphatic heterocycles. The van der Waals surface area contributed by atoms with E-state index in [9.17, 15) is 0 Å². The van der Waals surface area contributed by atoms with Crippen LogP contribution in [0.15, 0.2) is 0 Å². The first-order chi connectivity index (χ1) is 8.22. The molecule has 0 bridgehead atoms. The highest BCUT2D eigenvalue weighted by atomic mass is 16.5. The third-order valence-corrected chi connectivity index (χ3v) is 3.18. The van der Waals surface area contributed by atoms with Crippen molar-refractivity contribution in [1.29, 1.82) is 0 Å². The molecule has 0 aromatic carbocycles. The van der Waals surface area contributed by atoms with Gasteiger partial charge in [-0.3, -0.25) is 0 Å². The van der Waals surface area contributed by atoms with Gasteiger partial charge in [0.15, 0.2) is 0 Å². The van der Waals surface area contributed by atoms with E-state index in [1.165, 1.54) is 5.69 Å². The highest BCUT2D eigenvalue weighted by Crippen LogP contribution is 2.20. The lowest BCUT2D eigenvalue weighted by Gasteiger charge is -2.14. The maximum atomic E-state index is 5.65. The van der Waals surface area contributed by atoms with Gasteiger partial charge >= 0.3 is 0 Å². The van der Waals surface area contributed by atoms with Crippen molar-refractivity contribution in [3.05, 3.63) is 11.4 Å². The molecule has 2 N–H and O–H groups in total. The van der Waals surface area contributed by atoms with Crippen LogP contribution in [-0.2, 0) is 17.7 Å². The van der Waals surface area contributed by atoms with Crippen molar-refractivity contribution >= 4 is 0 Å². The van der Waals surface area contributed by atoms with Gasteiger partial charge in [0.25, 0.3) is 0 Å². The molecule has 1 saturated heterocycles. The minimum atomic E-state index is 0.305. The van der Waals surface area contributed by atoms with E-state index >= 15 is 0 Å².